The molecule has 0 bridgehead atoms. The van der Waals surface area contributed by atoms with Gasteiger partial charge in [-0.05, 0) is 60.7 Å². The number of fused-ring (bicyclic) bond motifs is 2. The number of nitrogens with zero attached hydrogens (tertiary/aromatic N) is 4. The molecule has 0 saturated carbocycles. The fourth-order valence-corrected chi connectivity index (χ4v) is 4.21. The maximum Gasteiger partial charge on any atom is 1.00 e. The van der Waals surface area contributed by atoms with E-state index >= 15 is 0 Å². The molecular weight excluding hydrogens is 647 g/mol. The number of rotatable bonds is 4. The standard InChI is InChI=1S/2C14H11N3O2.ClHO4.Cu/c2*15-9-4-5-11-12(7-9)14(19)17(13(11)18)8-10-3-1-2-6-16-10;2-1(3,4)5;/h2*1-7H,8,15H2;(H,2,3,4,5);/q;;;+1/p-1. The zero-order valence-electron chi connectivity index (χ0n) is 22.4. The molecule has 0 atom stereocenters. The Morgan fingerprint density at radius 2 is 0.909 bits per heavy atom. The summed E-state index contributed by atoms with van der Waals surface area (Å²) < 4.78 is 34.0. The third-order valence-corrected chi connectivity index (χ3v) is 6.08. The van der Waals surface area contributed by atoms with Crippen LogP contribution in [0.25, 0.3) is 0 Å². The summed E-state index contributed by atoms with van der Waals surface area (Å²) in [5.74, 6) is -1.24. The summed E-state index contributed by atoms with van der Waals surface area (Å²) >= 11 is 0. The van der Waals surface area contributed by atoms with E-state index in [1.165, 1.54) is 21.9 Å². The molecule has 2 aromatic heterocycles. The van der Waals surface area contributed by atoms with Crippen molar-refractivity contribution < 1.29 is 65.1 Å². The number of nitrogen functional groups attached to an aromatic ring is 2. The number of hydrogen-bond acceptors (Lipinski definition) is 12. The molecule has 0 unspecified atom stereocenters. The van der Waals surface area contributed by atoms with Gasteiger partial charge in [0.25, 0.3) is 23.6 Å². The summed E-state index contributed by atoms with van der Waals surface area (Å²) in [6.45, 7) is 0.347. The Balaban J connectivity index is 0.000000205. The van der Waals surface area contributed by atoms with Crippen molar-refractivity contribution in [1.29, 1.82) is 0 Å². The van der Waals surface area contributed by atoms with Crippen molar-refractivity contribution in [3.05, 3.63) is 119 Å². The van der Waals surface area contributed by atoms with Gasteiger partial charge in [0.05, 0.1) is 46.7 Å². The average molecular weight is 670 g/mol. The number of nitrogens with two attached hydrogens (primary N) is 2. The van der Waals surface area contributed by atoms with Crippen LogP contribution < -0.4 is 30.1 Å². The Hall–Kier alpha value is -4.73. The summed E-state index contributed by atoms with van der Waals surface area (Å²) in [6, 6.07) is 20.2. The summed E-state index contributed by atoms with van der Waals surface area (Å²) in [4.78, 5) is 59.3. The van der Waals surface area contributed by atoms with Crippen LogP contribution in [0, 0.1) is 10.2 Å². The predicted molar refractivity (Wildman–Crippen MR) is 139 cm³/mol. The van der Waals surface area contributed by atoms with Crippen molar-refractivity contribution in [3.8, 4) is 0 Å². The molecule has 0 radical (unpaired) electrons. The molecule has 0 aliphatic carbocycles. The number of anilines is 2. The van der Waals surface area contributed by atoms with Gasteiger partial charge in [-0.1, -0.05) is 12.1 Å². The number of amides is 4. The molecular formula is C28H22ClCuN6O8. The molecule has 44 heavy (non-hydrogen) atoms. The molecule has 16 heteroatoms. The first-order valence-corrected chi connectivity index (χ1v) is 13.5. The number of hydrogen-bond donors (Lipinski definition) is 2. The summed E-state index contributed by atoms with van der Waals surface area (Å²) in [7, 11) is -4.94. The maximum absolute atomic E-state index is 12.2. The minimum Gasteiger partial charge on any atom is -0.399 e. The van der Waals surface area contributed by atoms with Crippen LogP contribution in [0.3, 0.4) is 0 Å². The van der Waals surface area contributed by atoms with Crippen LogP contribution in [0.2, 0.25) is 0 Å². The van der Waals surface area contributed by atoms with Crippen LogP contribution in [-0.4, -0.2) is 43.4 Å². The van der Waals surface area contributed by atoms with Crippen molar-refractivity contribution in [3.63, 3.8) is 0 Å². The SMILES string of the molecule is Nc1ccc2c(c1)C(=O)N(Cc1ccccn1)C2=O.Nc1ccc2c(c1)C(=O)N(Cc1ccccn1)C2=O.[Cu+].[O-][Cl+3]([O-])([O-])[O-]. The van der Waals surface area contributed by atoms with E-state index in [4.69, 9.17) is 30.1 Å². The molecule has 2 aromatic carbocycles. The normalized spacial score (nSPS) is 13.3. The molecule has 2 aliphatic heterocycles. The van der Waals surface area contributed by atoms with Crippen LogP contribution in [0.15, 0.2) is 85.2 Å². The number of carbonyl (C=O) groups excluding carboxylic acids is 4. The Labute approximate surface area is 262 Å². The summed E-state index contributed by atoms with van der Waals surface area (Å²) in [5.41, 5.74) is 15.1. The van der Waals surface area contributed by atoms with Gasteiger partial charge in [-0.15, -0.1) is 10.2 Å². The Morgan fingerprint density at radius 3 is 1.23 bits per heavy atom. The van der Waals surface area contributed by atoms with Crippen molar-refractivity contribution in [2.24, 2.45) is 0 Å². The van der Waals surface area contributed by atoms with Gasteiger partial charge in [-0.3, -0.25) is 38.9 Å². The Kier molecular flexibility index (Phi) is 10.9. The first-order valence-electron chi connectivity index (χ1n) is 12.3. The molecule has 0 saturated heterocycles. The molecule has 4 N–H and O–H groups in total. The van der Waals surface area contributed by atoms with Crippen LogP contribution in [0.4, 0.5) is 11.4 Å². The summed E-state index contributed by atoms with van der Waals surface area (Å²) in [5, 5.41) is 0. The summed E-state index contributed by atoms with van der Waals surface area (Å²) in [6.07, 6.45) is 3.26. The van der Waals surface area contributed by atoms with Crippen molar-refractivity contribution in [2.45, 2.75) is 13.1 Å². The van der Waals surface area contributed by atoms with Crippen LogP contribution >= 0.6 is 0 Å². The molecule has 4 heterocycles. The number of aromatic nitrogens is 2. The molecule has 2 aliphatic rings. The number of benzene rings is 2. The number of imide groups is 2. The minimum absolute atomic E-state index is 0. The third kappa shape index (κ3) is 8.21. The van der Waals surface area contributed by atoms with E-state index < -0.39 is 10.2 Å². The topological polar surface area (TPSA) is 245 Å². The third-order valence-electron chi connectivity index (χ3n) is 6.08. The molecule has 0 fully saturated rings. The fourth-order valence-electron chi connectivity index (χ4n) is 4.21. The van der Waals surface area contributed by atoms with Crippen molar-refractivity contribution in [1.82, 2.24) is 19.8 Å². The van der Waals surface area contributed by atoms with Gasteiger partial charge in [-0.2, -0.15) is 0 Å². The van der Waals surface area contributed by atoms with Crippen LogP contribution in [-0.2, 0) is 30.2 Å². The van der Waals surface area contributed by atoms with Crippen molar-refractivity contribution >= 4 is 35.0 Å². The second kappa shape index (κ2) is 14.2. The first-order chi connectivity index (χ1) is 20.3. The molecule has 0 spiro atoms. The van der Waals surface area contributed by atoms with Gasteiger partial charge in [0, 0.05) is 23.8 Å². The second-order valence-electron chi connectivity index (χ2n) is 9.02. The number of carbonyl (C=O) groups is 4. The molecule has 6 rings (SSSR count). The second-order valence-corrected chi connectivity index (χ2v) is 9.78. The van der Waals surface area contributed by atoms with Crippen LogP contribution in [0.1, 0.15) is 52.8 Å². The van der Waals surface area contributed by atoms with E-state index in [0.29, 0.717) is 45.0 Å². The quantitative estimate of drug-likeness (QED) is 0.138. The fraction of sp³-hybridized carbons (Fsp3) is 0.0714. The van der Waals surface area contributed by atoms with Gasteiger partial charge < -0.3 is 11.5 Å². The Morgan fingerprint density at radius 1 is 0.568 bits per heavy atom. The van der Waals surface area contributed by atoms with E-state index in [1.807, 2.05) is 12.1 Å². The predicted octanol–water partition coefficient (Wildman–Crippen LogP) is -1.84. The molecule has 230 valence electrons. The monoisotopic (exact) mass is 668 g/mol. The average Bonchev–Trinajstić information content (AvgIpc) is 3.33. The number of pyridine rings is 2. The van der Waals surface area contributed by atoms with Crippen molar-refractivity contribution in [2.75, 3.05) is 11.5 Å². The first kappa shape index (κ1) is 33.8. The zero-order chi connectivity index (χ0) is 31.3. The smallest absolute Gasteiger partial charge is 0.399 e. The number of halogens is 1. The van der Waals surface area contributed by atoms with Gasteiger partial charge >= 0.3 is 17.1 Å². The maximum atomic E-state index is 12.2. The van der Waals surface area contributed by atoms with Crippen LogP contribution in [0.5, 0.6) is 0 Å². The molecule has 4 aromatic rings. The van der Waals surface area contributed by atoms with Gasteiger partial charge in [-0.25, -0.2) is 18.6 Å². The van der Waals surface area contributed by atoms with E-state index in [0.717, 1.165) is 0 Å². The Bertz CT molecular complexity index is 1560. The van der Waals surface area contributed by atoms with E-state index in [9.17, 15) is 19.2 Å². The minimum atomic E-state index is -4.94. The van der Waals surface area contributed by atoms with Gasteiger partial charge in [0.1, 0.15) is 0 Å². The molecule has 4 amide bonds. The zero-order valence-corrected chi connectivity index (χ0v) is 24.1. The van der Waals surface area contributed by atoms with E-state index in [-0.39, 0.29) is 53.8 Å². The van der Waals surface area contributed by atoms with Gasteiger partial charge in [0.15, 0.2) is 0 Å². The molecule has 14 nitrogen and oxygen atoms in total. The van der Waals surface area contributed by atoms with Gasteiger partial charge in [0.2, 0.25) is 0 Å². The largest absolute Gasteiger partial charge is 1.00 e. The van der Waals surface area contributed by atoms with E-state index in [2.05, 4.69) is 9.97 Å². The van der Waals surface area contributed by atoms with E-state index in [1.54, 1.807) is 60.9 Å².